The molecule has 2 aromatic carbocycles. The quantitative estimate of drug-likeness (QED) is 0.475. The van der Waals surface area contributed by atoms with Crippen LogP contribution in [-0.2, 0) is 0 Å². The van der Waals surface area contributed by atoms with Crippen molar-refractivity contribution >= 4 is 16.9 Å². The fourth-order valence-electron chi connectivity index (χ4n) is 5.45. The smallest absolute Gasteiger partial charge is 0.0454 e. The summed E-state index contributed by atoms with van der Waals surface area (Å²) >= 11 is 0. The molecule has 0 spiro atoms. The van der Waals surface area contributed by atoms with E-state index in [2.05, 4.69) is 148 Å². The Bertz CT molecular complexity index is 835. The van der Waals surface area contributed by atoms with Gasteiger partial charge in [0.15, 0.2) is 0 Å². The van der Waals surface area contributed by atoms with Crippen LogP contribution in [0.25, 0.3) is 5.57 Å². The highest BCUT2D eigenvalue weighted by atomic mass is 15.3. The topological polar surface area (TPSA) is 6.48 Å². The number of benzene rings is 2. The standard InChI is InChI=1S/C30H46N2/c1-22(23-18-14-16-20-25(23)31(27(2,3)4)28(5,6)7)24-19-15-17-21-26(24)32(29(8,9)10)30(11,12)13/h14-21H,1H2,2-13H3. The van der Waals surface area contributed by atoms with Crippen LogP contribution >= 0.6 is 0 Å². The van der Waals surface area contributed by atoms with Crippen LogP contribution in [0.15, 0.2) is 55.1 Å². The molecule has 0 bridgehead atoms. The second-order valence-electron chi connectivity index (χ2n) is 12.9. The van der Waals surface area contributed by atoms with E-state index in [0.717, 1.165) is 5.57 Å². The van der Waals surface area contributed by atoms with Crippen LogP contribution in [-0.4, -0.2) is 22.2 Å². The highest BCUT2D eigenvalue weighted by Gasteiger charge is 2.35. The Kier molecular flexibility index (Phi) is 7.01. The molecule has 32 heavy (non-hydrogen) atoms. The number of nitrogens with zero attached hydrogens (tertiary/aromatic N) is 2. The Balaban J connectivity index is 2.76. The Morgan fingerprint density at radius 3 is 1.00 bits per heavy atom. The average molecular weight is 435 g/mol. The maximum atomic E-state index is 4.66. The average Bonchev–Trinajstić information content (AvgIpc) is 2.57. The first-order valence-electron chi connectivity index (χ1n) is 11.8. The third-order valence-electron chi connectivity index (χ3n) is 5.62. The number of anilines is 2. The molecule has 0 saturated carbocycles. The molecule has 0 aliphatic carbocycles. The molecule has 2 rings (SSSR count). The van der Waals surface area contributed by atoms with Crippen molar-refractivity contribution in [3.63, 3.8) is 0 Å². The van der Waals surface area contributed by atoms with E-state index >= 15 is 0 Å². The van der Waals surface area contributed by atoms with Crippen LogP contribution in [0, 0.1) is 0 Å². The molecule has 0 amide bonds. The molecule has 0 aromatic heterocycles. The zero-order valence-electron chi connectivity index (χ0n) is 22.7. The van der Waals surface area contributed by atoms with Crippen LogP contribution in [0.1, 0.15) is 94.2 Å². The second kappa shape index (κ2) is 8.61. The summed E-state index contributed by atoms with van der Waals surface area (Å²) in [5.74, 6) is 0. The summed E-state index contributed by atoms with van der Waals surface area (Å²) in [6.45, 7) is 32.1. The first kappa shape index (κ1) is 26.0. The molecule has 0 fully saturated rings. The van der Waals surface area contributed by atoms with Gasteiger partial charge in [0.2, 0.25) is 0 Å². The predicted octanol–water partition coefficient (Wildman–Crippen LogP) is 8.55. The van der Waals surface area contributed by atoms with Crippen molar-refractivity contribution in [3.8, 4) is 0 Å². The van der Waals surface area contributed by atoms with Crippen molar-refractivity contribution in [2.45, 2.75) is 105 Å². The number of para-hydroxylation sites is 2. The monoisotopic (exact) mass is 434 g/mol. The summed E-state index contributed by atoms with van der Waals surface area (Å²) in [4.78, 5) is 5.04. The molecule has 0 radical (unpaired) electrons. The van der Waals surface area contributed by atoms with E-state index in [9.17, 15) is 0 Å². The van der Waals surface area contributed by atoms with E-state index < -0.39 is 0 Å². The highest BCUT2D eigenvalue weighted by molar-refractivity contribution is 5.90. The van der Waals surface area contributed by atoms with Gasteiger partial charge >= 0.3 is 0 Å². The van der Waals surface area contributed by atoms with Gasteiger partial charge in [-0.15, -0.1) is 0 Å². The predicted molar refractivity (Wildman–Crippen MR) is 145 cm³/mol. The molecule has 0 unspecified atom stereocenters. The van der Waals surface area contributed by atoms with Gasteiger partial charge in [0, 0.05) is 44.7 Å². The van der Waals surface area contributed by atoms with Crippen LogP contribution in [0.3, 0.4) is 0 Å². The van der Waals surface area contributed by atoms with Crippen molar-refractivity contribution < 1.29 is 0 Å². The Morgan fingerprint density at radius 2 is 0.750 bits per heavy atom. The van der Waals surface area contributed by atoms with Gasteiger partial charge in [0.1, 0.15) is 0 Å². The third-order valence-corrected chi connectivity index (χ3v) is 5.62. The molecule has 0 N–H and O–H groups in total. The van der Waals surface area contributed by atoms with Crippen LogP contribution < -0.4 is 9.80 Å². The summed E-state index contributed by atoms with van der Waals surface area (Å²) in [6.07, 6.45) is 0. The van der Waals surface area contributed by atoms with Crippen molar-refractivity contribution in [1.29, 1.82) is 0 Å². The SMILES string of the molecule is C=C(c1ccccc1N(C(C)(C)C)C(C)(C)C)c1ccccc1N(C(C)(C)C)C(C)(C)C. The molecule has 2 aromatic rings. The van der Waals surface area contributed by atoms with E-state index in [4.69, 9.17) is 0 Å². The van der Waals surface area contributed by atoms with Crippen LogP contribution in [0.4, 0.5) is 11.4 Å². The third kappa shape index (κ3) is 5.57. The van der Waals surface area contributed by atoms with Gasteiger partial charge in [0.25, 0.3) is 0 Å². The van der Waals surface area contributed by atoms with Gasteiger partial charge in [-0.3, -0.25) is 0 Å². The minimum Gasteiger partial charge on any atom is -0.361 e. The Labute approximate surface area is 198 Å². The Morgan fingerprint density at radius 1 is 0.500 bits per heavy atom. The molecule has 0 aliphatic heterocycles. The number of hydrogen-bond acceptors (Lipinski definition) is 2. The summed E-state index contributed by atoms with van der Waals surface area (Å²) in [6, 6.07) is 17.5. The van der Waals surface area contributed by atoms with Gasteiger partial charge < -0.3 is 9.80 Å². The Hall–Kier alpha value is -2.22. The fraction of sp³-hybridized carbons (Fsp3) is 0.533. The fourth-order valence-corrected chi connectivity index (χ4v) is 5.45. The lowest BCUT2D eigenvalue weighted by Crippen LogP contribution is -2.53. The lowest BCUT2D eigenvalue weighted by Gasteiger charge is -2.49. The summed E-state index contributed by atoms with van der Waals surface area (Å²) < 4.78 is 0. The van der Waals surface area contributed by atoms with Crippen molar-refractivity contribution in [2.24, 2.45) is 0 Å². The van der Waals surface area contributed by atoms with E-state index in [1.54, 1.807) is 0 Å². The largest absolute Gasteiger partial charge is 0.361 e. The van der Waals surface area contributed by atoms with E-state index in [1.807, 2.05) is 0 Å². The molecule has 0 heterocycles. The molecular weight excluding hydrogens is 388 g/mol. The minimum atomic E-state index is -0.0307. The number of hydrogen-bond donors (Lipinski definition) is 0. The van der Waals surface area contributed by atoms with Gasteiger partial charge in [0.05, 0.1) is 0 Å². The molecule has 176 valence electrons. The van der Waals surface area contributed by atoms with Crippen LogP contribution in [0.2, 0.25) is 0 Å². The maximum Gasteiger partial charge on any atom is 0.0454 e. The molecular formula is C30H46N2. The molecule has 2 nitrogen and oxygen atoms in total. The normalized spacial score (nSPS) is 13.1. The summed E-state index contributed by atoms with van der Waals surface area (Å²) in [7, 11) is 0. The minimum absolute atomic E-state index is 0.0307. The van der Waals surface area contributed by atoms with Crippen molar-refractivity contribution in [1.82, 2.24) is 0 Å². The van der Waals surface area contributed by atoms with E-state index in [-0.39, 0.29) is 22.2 Å². The van der Waals surface area contributed by atoms with Crippen molar-refractivity contribution in [2.75, 3.05) is 9.80 Å². The summed E-state index contributed by atoms with van der Waals surface area (Å²) in [5.41, 5.74) is 5.77. The lowest BCUT2D eigenvalue weighted by molar-refractivity contribution is 0.380. The first-order valence-corrected chi connectivity index (χ1v) is 11.8. The highest BCUT2D eigenvalue weighted by Crippen LogP contribution is 2.42. The van der Waals surface area contributed by atoms with Crippen LogP contribution in [0.5, 0.6) is 0 Å². The summed E-state index contributed by atoms with van der Waals surface area (Å²) in [5, 5.41) is 0. The van der Waals surface area contributed by atoms with Gasteiger partial charge in [-0.2, -0.15) is 0 Å². The first-order chi connectivity index (χ1) is 14.4. The van der Waals surface area contributed by atoms with Gasteiger partial charge in [-0.1, -0.05) is 43.0 Å². The van der Waals surface area contributed by atoms with Gasteiger partial charge in [-0.25, -0.2) is 0 Å². The number of rotatable bonds is 4. The zero-order chi connectivity index (χ0) is 24.7. The van der Waals surface area contributed by atoms with E-state index in [1.165, 1.54) is 22.5 Å². The second-order valence-corrected chi connectivity index (χ2v) is 12.9. The maximum absolute atomic E-state index is 4.66. The molecule has 0 atom stereocenters. The molecule has 0 saturated heterocycles. The van der Waals surface area contributed by atoms with E-state index in [0.29, 0.717) is 0 Å². The molecule has 2 heteroatoms. The lowest BCUT2D eigenvalue weighted by atomic mass is 9.88. The van der Waals surface area contributed by atoms with Gasteiger partial charge in [-0.05, 0) is 101 Å². The molecule has 0 aliphatic rings. The van der Waals surface area contributed by atoms with Crippen molar-refractivity contribution in [3.05, 3.63) is 66.2 Å². The zero-order valence-corrected chi connectivity index (χ0v) is 22.7.